The number of alkyl halides is 1. The van der Waals surface area contributed by atoms with Crippen molar-refractivity contribution in [3.63, 3.8) is 0 Å². The maximum Gasteiger partial charge on any atom is 0.228 e. The van der Waals surface area contributed by atoms with Crippen molar-refractivity contribution in [2.45, 2.75) is 82.1 Å². The molecule has 1 aromatic carbocycles. The van der Waals surface area contributed by atoms with Gasteiger partial charge in [0.1, 0.15) is 23.4 Å². The number of benzene rings is 1. The van der Waals surface area contributed by atoms with Gasteiger partial charge in [-0.3, -0.25) is 9.59 Å². The van der Waals surface area contributed by atoms with Gasteiger partial charge in [0.15, 0.2) is 5.78 Å². The zero-order chi connectivity index (χ0) is 27.4. The first-order valence-corrected chi connectivity index (χ1v) is 14.7. The van der Waals surface area contributed by atoms with Crippen LogP contribution in [0, 0.1) is 17.2 Å². The summed E-state index contributed by atoms with van der Waals surface area (Å²) in [5, 5.41) is 9.63. The highest BCUT2D eigenvalue weighted by molar-refractivity contribution is 6.23. The van der Waals surface area contributed by atoms with E-state index >= 15 is 0 Å². The van der Waals surface area contributed by atoms with Gasteiger partial charge in [0.05, 0.1) is 12.1 Å². The Hall–Kier alpha value is -2.65. The summed E-state index contributed by atoms with van der Waals surface area (Å²) in [6.45, 7) is 5.36. The van der Waals surface area contributed by atoms with Crippen LogP contribution in [0.2, 0.25) is 0 Å². The number of nitrogens with zero attached hydrogens (tertiary/aromatic N) is 2. The summed E-state index contributed by atoms with van der Waals surface area (Å²) in [5.41, 5.74) is 0.343. The van der Waals surface area contributed by atoms with Crippen molar-refractivity contribution >= 4 is 29.1 Å². The van der Waals surface area contributed by atoms with E-state index in [4.69, 9.17) is 16.3 Å². The van der Waals surface area contributed by atoms with Crippen molar-refractivity contribution < 1.29 is 18.7 Å². The van der Waals surface area contributed by atoms with E-state index in [9.17, 15) is 14.0 Å². The van der Waals surface area contributed by atoms with Crippen LogP contribution in [-0.2, 0) is 14.3 Å². The molecule has 1 saturated heterocycles. The Morgan fingerprint density at radius 2 is 2.00 bits per heavy atom. The van der Waals surface area contributed by atoms with E-state index in [-0.39, 0.29) is 40.9 Å². The summed E-state index contributed by atoms with van der Waals surface area (Å²) < 4.78 is 18.7. The number of carbonyl (C=O) groups excluding carboxylic acids is 2. The van der Waals surface area contributed by atoms with Gasteiger partial charge in [-0.25, -0.2) is 9.38 Å². The van der Waals surface area contributed by atoms with Gasteiger partial charge in [-0.05, 0) is 81.4 Å². The number of halogens is 2. The number of aliphatic imine (C=N–C) groups is 1. The number of ether oxygens (including phenoxy) is 1. The van der Waals surface area contributed by atoms with Crippen LogP contribution >= 0.6 is 11.6 Å². The molecule has 1 saturated carbocycles. The van der Waals surface area contributed by atoms with Gasteiger partial charge in [-0.15, -0.1) is 0 Å². The van der Waals surface area contributed by atoms with Crippen molar-refractivity contribution in [1.82, 2.24) is 20.9 Å². The van der Waals surface area contributed by atoms with Gasteiger partial charge in [-0.2, -0.15) is 0 Å². The van der Waals surface area contributed by atoms with Crippen LogP contribution in [0.25, 0.3) is 0 Å². The highest BCUT2D eigenvalue weighted by atomic mass is 35.5. The van der Waals surface area contributed by atoms with E-state index in [0.29, 0.717) is 12.3 Å². The SMILES string of the molecule is CCN1CCC2(CC1)C[C@@H]2C(=O)N[C@@H](CCCCCC(=O)C1NC=CO1)C1NC(c2ccc(F)cc2)=NC1Cl. The molecule has 0 aromatic heterocycles. The van der Waals surface area contributed by atoms with Crippen molar-refractivity contribution in [1.29, 1.82) is 0 Å². The molecule has 1 aromatic rings. The average molecular weight is 560 g/mol. The molecule has 2 fully saturated rings. The highest BCUT2D eigenvalue weighted by Gasteiger charge is 2.58. The summed E-state index contributed by atoms with van der Waals surface area (Å²) in [5.74, 6) is 0.496. The second-order valence-corrected chi connectivity index (χ2v) is 11.7. The van der Waals surface area contributed by atoms with Crippen LogP contribution in [0.1, 0.15) is 63.9 Å². The molecule has 0 radical (unpaired) electrons. The zero-order valence-corrected chi connectivity index (χ0v) is 23.3. The largest absolute Gasteiger partial charge is 0.469 e. The van der Waals surface area contributed by atoms with Crippen molar-refractivity contribution in [3.8, 4) is 0 Å². The molecule has 3 aliphatic heterocycles. The van der Waals surface area contributed by atoms with E-state index in [1.165, 1.54) is 18.4 Å². The number of Topliss-reactive ketones (excluding diaryl/α,β-unsaturated/α-hetero) is 1. The van der Waals surface area contributed by atoms with E-state index in [2.05, 4.69) is 32.8 Å². The fraction of sp³-hybridized carbons (Fsp3) is 0.621. The third kappa shape index (κ3) is 6.57. The smallest absolute Gasteiger partial charge is 0.228 e. The van der Waals surface area contributed by atoms with Gasteiger partial charge in [-0.1, -0.05) is 31.4 Å². The monoisotopic (exact) mass is 559 g/mol. The molecule has 1 amide bonds. The molecular weight excluding hydrogens is 521 g/mol. The maximum absolute atomic E-state index is 13.5. The summed E-state index contributed by atoms with van der Waals surface area (Å²) in [6, 6.07) is 5.65. The fourth-order valence-corrected chi connectivity index (χ4v) is 6.50. The van der Waals surface area contributed by atoms with Crippen LogP contribution in [0.5, 0.6) is 0 Å². The standard InChI is InChI=1S/C29H39ClFN5O3/c1-2-36-15-12-29(13-16-36)18-21(29)27(38)33-22(6-4-3-5-7-23(37)28-32-14-17-39-28)24-25(30)35-26(34-24)19-8-10-20(31)11-9-19/h8-11,14,17,21-22,24-25,28,32H,2-7,12-13,15-16,18H2,1H3,(H,33,38)(H,34,35)/t21-,22+,24?,25?,28?/m1/s1. The maximum atomic E-state index is 13.5. The first-order chi connectivity index (χ1) is 18.9. The Balaban J connectivity index is 1.17. The van der Waals surface area contributed by atoms with E-state index in [1.807, 2.05) is 0 Å². The average Bonchev–Trinajstić information content (AvgIpc) is 3.25. The number of hydrogen-bond donors (Lipinski definition) is 3. The summed E-state index contributed by atoms with van der Waals surface area (Å²) >= 11 is 6.70. The number of ketones is 1. The Morgan fingerprint density at radius 1 is 1.23 bits per heavy atom. The fourth-order valence-electron chi connectivity index (χ4n) is 6.16. The molecule has 5 atom stereocenters. The Bertz CT molecular complexity index is 1080. The predicted molar refractivity (Wildman–Crippen MR) is 149 cm³/mol. The number of amidine groups is 1. The third-order valence-corrected chi connectivity index (χ3v) is 9.17. The second-order valence-electron chi connectivity index (χ2n) is 11.2. The van der Waals surface area contributed by atoms with Gasteiger partial charge in [0.25, 0.3) is 0 Å². The Labute approximate surface area is 234 Å². The van der Waals surface area contributed by atoms with Gasteiger partial charge < -0.3 is 25.6 Å². The normalized spacial score (nSPS) is 27.8. The Kier molecular flexibility index (Phi) is 8.76. The summed E-state index contributed by atoms with van der Waals surface area (Å²) in [4.78, 5) is 32.8. The van der Waals surface area contributed by atoms with E-state index in [0.717, 1.165) is 70.1 Å². The van der Waals surface area contributed by atoms with Gasteiger partial charge in [0.2, 0.25) is 12.1 Å². The summed E-state index contributed by atoms with van der Waals surface area (Å²) in [6.07, 6.45) is 9.25. The number of unbranched alkanes of at least 4 members (excludes halogenated alkanes) is 2. The number of likely N-dealkylation sites (tertiary alicyclic amines) is 1. The first kappa shape index (κ1) is 27.9. The van der Waals surface area contributed by atoms with Crippen LogP contribution in [-0.4, -0.2) is 65.9 Å². The summed E-state index contributed by atoms with van der Waals surface area (Å²) in [7, 11) is 0. The molecule has 1 spiro atoms. The van der Waals surface area contributed by atoms with Crippen molar-refractivity contribution in [2.24, 2.45) is 16.3 Å². The van der Waals surface area contributed by atoms with Crippen LogP contribution in [0.3, 0.4) is 0 Å². The highest BCUT2D eigenvalue weighted by Crippen LogP contribution is 2.59. The molecule has 1 aliphatic carbocycles. The number of amides is 1. The molecular formula is C29H39ClFN5O3. The van der Waals surface area contributed by atoms with Crippen LogP contribution < -0.4 is 16.0 Å². The van der Waals surface area contributed by atoms with Crippen LogP contribution in [0.15, 0.2) is 41.7 Å². The lowest BCUT2D eigenvalue weighted by atomic mass is 9.90. The topological polar surface area (TPSA) is 95.1 Å². The second kappa shape index (κ2) is 12.3. The lowest BCUT2D eigenvalue weighted by molar-refractivity contribution is -0.127. The number of piperidine rings is 1. The van der Waals surface area contributed by atoms with Gasteiger partial charge >= 0.3 is 0 Å². The molecule has 3 unspecified atom stereocenters. The number of carbonyl (C=O) groups is 2. The van der Waals surface area contributed by atoms with E-state index in [1.54, 1.807) is 18.3 Å². The number of nitrogens with one attached hydrogen (secondary N) is 3. The minimum absolute atomic E-state index is 0.0358. The molecule has 5 rings (SSSR count). The number of hydrogen-bond acceptors (Lipinski definition) is 7. The molecule has 3 N–H and O–H groups in total. The number of rotatable bonds is 12. The molecule has 0 bridgehead atoms. The van der Waals surface area contributed by atoms with Crippen molar-refractivity contribution in [3.05, 3.63) is 48.1 Å². The first-order valence-electron chi connectivity index (χ1n) is 14.2. The Morgan fingerprint density at radius 3 is 2.69 bits per heavy atom. The lowest BCUT2D eigenvalue weighted by Gasteiger charge is -2.32. The molecule has 8 nitrogen and oxygen atoms in total. The molecule has 39 heavy (non-hydrogen) atoms. The zero-order valence-electron chi connectivity index (χ0n) is 22.5. The van der Waals surface area contributed by atoms with Crippen molar-refractivity contribution in [2.75, 3.05) is 19.6 Å². The molecule has 3 heterocycles. The quantitative estimate of drug-likeness (QED) is 0.206. The lowest BCUT2D eigenvalue weighted by Crippen LogP contribution is -2.53. The molecule has 10 heteroatoms. The predicted octanol–water partition coefficient (Wildman–Crippen LogP) is 3.65. The molecule has 4 aliphatic rings. The molecule has 212 valence electrons. The minimum atomic E-state index is -0.575. The van der Waals surface area contributed by atoms with Crippen LogP contribution in [0.4, 0.5) is 4.39 Å². The van der Waals surface area contributed by atoms with E-state index < -0.39 is 11.7 Å². The van der Waals surface area contributed by atoms with Gasteiger partial charge in [0, 0.05) is 24.1 Å². The third-order valence-electron chi connectivity index (χ3n) is 8.80. The minimum Gasteiger partial charge on any atom is -0.469 e.